The zero-order chi connectivity index (χ0) is 22.2. The van der Waals surface area contributed by atoms with E-state index in [1.807, 2.05) is 61.5 Å². The van der Waals surface area contributed by atoms with E-state index in [0.717, 1.165) is 16.9 Å². The molecule has 1 N–H and O–H groups in total. The number of thiocarbonyl (C=S) groups is 1. The molecule has 6 nitrogen and oxygen atoms in total. The van der Waals surface area contributed by atoms with Crippen LogP contribution in [0.25, 0.3) is 6.08 Å². The number of hydrogen-bond donors (Lipinski definition) is 1. The molecule has 1 heterocycles. The number of aliphatic hydroxyl groups is 1. The molecule has 1 fully saturated rings. The van der Waals surface area contributed by atoms with Crippen molar-refractivity contribution < 1.29 is 19.4 Å². The van der Waals surface area contributed by atoms with Crippen molar-refractivity contribution in [3.63, 3.8) is 0 Å². The van der Waals surface area contributed by atoms with Gasteiger partial charge in [-0.25, -0.2) is 0 Å². The minimum absolute atomic E-state index is 0.155. The summed E-state index contributed by atoms with van der Waals surface area (Å²) in [5, 5.41) is 9.37. The second-order valence-corrected chi connectivity index (χ2v) is 8.47. The van der Waals surface area contributed by atoms with Crippen LogP contribution in [0.4, 0.5) is 0 Å². The molecule has 0 saturated carbocycles. The van der Waals surface area contributed by atoms with Crippen molar-refractivity contribution in [3.05, 3.63) is 70.6 Å². The highest BCUT2D eigenvalue weighted by Crippen LogP contribution is 2.32. The third-order valence-electron chi connectivity index (χ3n) is 4.59. The molecule has 0 atom stereocenters. The Kier molecular flexibility index (Phi) is 8.22. The number of hydrogen-bond acceptors (Lipinski definition) is 6. The second-order valence-electron chi connectivity index (χ2n) is 6.79. The molecule has 0 spiro atoms. The van der Waals surface area contributed by atoms with Crippen molar-refractivity contribution in [1.29, 1.82) is 0 Å². The van der Waals surface area contributed by atoms with Crippen molar-refractivity contribution in [2.75, 3.05) is 26.3 Å². The lowest BCUT2D eigenvalue weighted by Gasteiger charge is -2.24. The number of benzene rings is 2. The number of carbonyl (C=O) groups excluding carboxylic acids is 2. The molecule has 0 bridgehead atoms. The van der Waals surface area contributed by atoms with Crippen molar-refractivity contribution in [2.45, 2.75) is 13.5 Å². The van der Waals surface area contributed by atoms with Crippen molar-refractivity contribution >= 4 is 46.2 Å². The molecule has 162 valence electrons. The zero-order valence-corrected chi connectivity index (χ0v) is 18.8. The molecular formula is C23H24N2O4S2. The van der Waals surface area contributed by atoms with E-state index in [4.69, 9.17) is 17.0 Å². The average molecular weight is 457 g/mol. The maximum absolute atomic E-state index is 12.9. The smallest absolute Gasteiger partial charge is 0.266 e. The van der Waals surface area contributed by atoms with Gasteiger partial charge >= 0.3 is 0 Å². The first-order valence-electron chi connectivity index (χ1n) is 9.92. The first-order valence-corrected chi connectivity index (χ1v) is 11.1. The van der Waals surface area contributed by atoms with Crippen molar-refractivity contribution in [2.24, 2.45) is 0 Å². The quantitative estimate of drug-likeness (QED) is 0.461. The Morgan fingerprint density at radius 2 is 1.90 bits per heavy atom. The number of nitrogens with zero attached hydrogens (tertiary/aromatic N) is 2. The van der Waals surface area contributed by atoms with Gasteiger partial charge in [0.25, 0.3) is 5.91 Å². The highest BCUT2D eigenvalue weighted by atomic mass is 32.2. The van der Waals surface area contributed by atoms with Gasteiger partial charge in [-0.1, -0.05) is 66.4 Å². The number of carbonyl (C=O) groups is 2. The second kappa shape index (κ2) is 11.1. The minimum atomic E-state index is -0.291. The minimum Gasteiger partial charge on any atom is -0.494 e. The molecule has 3 rings (SSSR count). The van der Waals surface area contributed by atoms with Crippen LogP contribution in [-0.2, 0) is 16.1 Å². The molecule has 0 unspecified atom stereocenters. The van der Waals surface area contributed by atoms with Crippen LogP contribution in [-0.4, -0.2) is 57.3 Å². The topological polar surface area (TPSA) is 70.1 Å². The number of thioether (sulfide) groups is 1. The lowest BCUT2D eigenvalue weighted by Crippen LogP contribution is -2.42. The van der Waals surface area contributed by atoms with E-state index >= 15 is 0 Å². The van der Waals surface area contributed by atoms with Gasteiger partial charge in [0.15, 0.2) is 0 Å². The molecule has 31 heavy (non-hydrogen) atoms. The van der Waals surface area contributed by atoms with Gasteiger partial charge in [-0.2, -0.15) is 0 Å². The number of rotatable bonds is 9. The number of ether oxygens (including phenoxy) is 1. The van der Waals surface area contributed by atoms with Crippen LogP contribution in [0.2, 0.25) is 0 Å². The van der Waals surface area contributed by atoms with Gasteiger partial charge in [-0.3, -0.25) is 14.5 Å². The van der Waals surface area contributed by atoms with Crippen LogP contribution in [0, 0.1) is 0 Å². The van der Waals surface area contributed by atoms with Crippen molar-refractivity contribution in [1.82, 2.24) is 9.80 Å². The molecular weight excluding hydrogens is 432 g/mol. The van der Waals surface area contributed by atoms with Gasteiger partial charge in [-0.15, -0.1) is 0 Å². The summed E-state index contributed by atoms with van der Waals surface area (Å²) < 4.78 is 5.78. The number of aliphatic hydroxyl groups excluding tert-OH is 1. The van der Waals surface area contributed by atoms with E-state index in [9.17, 15) is 14.7 Å². The molecule has 1 saturated heterocycles. The van der Waals surface area contributed by atoms with E-state index in [0.29, 0.717) is 22.4 Å². The molecule has 1 aliphatic rings. The summed E-state index contributed by atoms with van der Waals surface area (Å²) in [7, 11) is 0. The first-order chi connectivity index (χ1) is 15.0. The van der Waals surface area contributed by atoms with E-state index in [2.05, 4.69) is 0 Å². The highest BCUT2D eigenvalue weighted by Gasteiger charge is 2.34. The summed E-state index contributed by atoms with van der Waals surface area (Å²) in [4.78, 5) is 29.1. The van der Waals surface area contributed by atoms with Crippen LogP contribution < -0.4 is 4.74 Å². The third-order valence-corrected chi connectivity index (χ3v) is 5.97. The molecule has 1 aliphatic heterocycles. The monoisotopic (exact) mass is 456 g/mol. The molecule has 0 aromatic heterocycles. The molecule has 0 aliphatic carbocycles. The SMILES string of the molecule is CCOc1ccc(/C=C2\SC(=S)N(CC(=O)N(CCO)Cc3ccccc3)C2=O)cc1. The lowest BCUT2D eigenvalue weighted by atomic mass is 10.2. The fourth-order valence-electron chi connectivity index (χ4n) is 3.07. The van der Waals surface area contributed by atoms with Gasteiger partial charge < -0.3 is 14.7 Å². The van der Waals surface area contributed by atoms with Crippen LogP contribution >= 0.6 is 24.0 Å². The summed E-state index contributed by atoms with van der Waals surface area (Å²) in [5.74, 6) is 0.206. The molecule has 0 radical (unpaired) electrons. The van der Waals surface area contributed by atoms with Crippen LogP contribution in [0.15, 0.2) is 59.5 Å². The summed E-state index contributed by atoms with van der Waals surface area (Å²) in [6.45, 7) is 2.74. The molecule has 2 amide bonds. The Morgan fingerprint density at radius 1 is 1.19 bits per heavy atom. The standard InChI is InChI=1S/C23H24N2O4S2/c1-2-29-19-10-8-17(9-11-19)14-20-22(28)25(23(30)31-20)16-21(27)24(12-13-26)15-18-6-4-3-5-7-18/h3-11,14,26H,2,12-13,15-16H2,1H3/b20-14-. The van der Waals surface area contributed by atoms with Crippen LogP contribution in [0.3, 0.4) is 0 Å². The molecule has 8 heteroatoms. The summed E-state index contributed by atoms with van der Waals surface area (Å²) in [5.41, 5.74) is 1.80. The maximum Gasteiger partial charge on any atom is 0.266 e. The van der Waals surface area contributed by atoms with Gasteiger partial charge in [-0.05, 0) is 36.3 Å². The summed E-state index contributed by atoms with van der Waals surface area (Å²) >= 11 is 6.53. The Balaban J connectivity index is 1.68. The lowest BCUT2D eigenvalue weighted by molar-refractivity contribution is -0.136. The average Bonchev–Trinajstić information content (AvgIpc) is 3.03. The van der Waals surface area contributed by atoms with Gasteiger partial charge in [0.1, 0.15) is 16.6 Å². The highest BCUT2D eigenvalue weighted by molar-refractivity contribution is 8.26. The molecule has 2 aromatic rings. The van der Waals surface area contributed by atoms with E-state index < -0.39 is 0 Å². The Hall–Kier alpha value is -2.68. The zero-order valence-electron chi connectivity index (χ0n) is 17.2. The Labute approximate surface area is 191 Å². The van der Waals surface area contributed by atoms with Gasteiger partial charge in [0.2, 0.25) is 5.91 Å². The van der Waals surface area contributed by atoms with Gasteiger partial charge in [0, 0.05) is 13.1 Å². The Morgan fingerprint density at radius 3 is 2.55 bits per heavy atom. The largest absolute Gasteiger partial charge is 0.494 e. The van der Waals surface area contributed by atoms with E-state index in [1.165, 1.54) is 21.6 Å². The maximum atomic E-state index is 12.9. The number of amides is 2. The summed E-state index contributed by atoms with van der Waals surface area (Å²) in [6, 6.07) is 16.9. The van der Waals surface area contributed by atoms with Crippen LogP contribution in [0.5, 0.6) is 5.75 Å². The predicted molar refractivity (Wildman–Crippen MR) is 126 cm³/mol. The molecule has 2 aromatic carbocycles. The predicted octanol–water partition coefficient (Wildman–Crippen LogP) is 3.31. The fourth-order valence-corrected chi connectivity index (χ4v) is 4.32. The van der Waals surface area contributed by atoms with Crippen molar-refractivity contribution in [3.8, 4) is 5.75 Å². The van der Waals surface area contributed by atoms with E-state index in [1.54, 1.807) is 6.08 Å². The Bertz CT molecular complexity index is 961. The van der Waals surface area contributed by atoms with E-state index in [-0.39, 0.29) is 31.5 Å². The van der Waals surface area contributed by atoms with Crippen LogP contribution in [0.1, 0.15) is 18.1 Å². The third kappa shape index (κ3) is 6.16. The summed E-state index contributed by atoms with van der Waals surface area (Å²) in [6.07, 6.45) is 1.76. The first kappa shape index (κ1) is 23.0. The van der Waals surface area contributed by atoms with Gasteiger partial charge in [0.05, 0.1) is 18.1 Å². The fraction of sp³-hybridized carbons (Fsp3) is 0.261. The normalized spacial score (nSPS) is 14.9.